The molecule has 1 unspecified atom stereocenters. The number of ketones is 1. The minimum absolute atomic E-state index is 0.0133. The molecule has 2 aliphatic rings. The second-order valence-electron chi connectivity index (χ2n) is 7.94. The molecule has 1 aromatic heterocycles. The van der Waals surface area contributed by atoms with E-state index in [0.29, 0.717) is 43.2 Å². The third kappa shape index (κ3) is 4.95. The van der Waals surface area contributed by atoms with Gasteiger partial charge in [0.2, 0.25) is 0 Å². The first-order chi connectivity index (χ1) is 16.5. The van der Waals surface area contributed by atoms with Crippen molar-refractivity contribution in [2.24, 2.45) is 0 Å². The van der Waals surface area contributed by atoms with Gasteiger partial charge < -0.3 is 23.9 Å². The van der Waals surface area contributed by atoms with E-state index < -0.39 is 29.5 Å². The number of carbonyl (C=O) groups is 3. The number of nitrogens with zero attached hydrogens (tertiary/aromatic N) is 2. The van der Waals surface area contributed by atoms with Crippen molar-refractivity contribution in [3.63, 3.8) is 0 Å². The Bertz CT molecular complexity index is 1100. The minimum atomic E-state index is -0.797. The molecule has 1 saturated heterocycles. The second kappa shape index (κ2) is 10.5. The zero-order valence-electron chi connectivity index (χ0n) is 18.8. The summed E-state index contributed by atoms with van der Waals surface area (Å²) in [4.78, 5) is 41.7. The Balaban J connectivity index is 1.63. The first kappa shape index (κ1) is 23.5. The fraction of sp³-hybridized carbons (Fsp3) is 0.320. The van der Waals surface area contributed by atoms with E-state index in [1.54, 1.807) is 36.4 Å². The lowest BCUT2D eigenvalue weighted by Gasteiger charge is -2.31. The average molecular weight is 466 g/mol. The van der Waals surface area contributed by atoms with Gasteiger partial charge in [0.05, 0.1) is 43.8 Å². The molecule has 0 saturated carbocycles. The number of ether oxygens (including phenoxy) is 2. The van der Waals surface area contributed by atoms with Gasteiger partial charge in [0.25, 0.3) is 5.91 Å². The summed E-state index contributed by atoms with van der Waals surface area (Å²) in [5.41, 5.74) is 0.927. The first-order valence-electron chi connectivity index (χ1n) is 11.0. The fourth-order valence-electron chi connectivity index (χ4n) is 4.11. The summed E-state index contributed by atoms with van der Waals surface area (Å²) in [6, 6.07) is 9.05. The standard InChI is InChI=1S/C25H26N2O7/c1-32-25(31)18-6-4-17(5-7-18)22-21(20(28)9-8-19-3-2-14-34-19)23(29)24(30)27(22)11-10-26-12-15-33-16-13-26/h2-9,14,22,29H,10-13,15-16H2,1H3/b9-8+. The highest BCUT2D eigenvalue weighted by Crippen LogP contribution is 2.38. The van der Waals surface area contributed by atoms with Crippen LogP contribution in [0.25, 0.3) is 6.08 Å². The van der Waals surface area contributed by atoms with Crippen LogP contribution >= 0.6 is 0 Å². The van der Waals surface area contributed by atoms with Crippen LogP contribution in [0.15, 0.2) is 64.5 Å². The number of amides is 1. The smallest absolute Gasteiger partial charge is 0.337 e. The molecule has 4 rings (SSSR count). The molecule has 2 aliphatic heterocycles. The normalized spacial score (nSPS) is 19.3. The Labute approximate surface area is 196 Å². The Morgan fingerprint density at radius 3 is 2.53 bits per heavy atom. The highest BCUT2D eigenvalue weighted by molar-refractivity contribution is 6.14. The Kier molecular flexibility index (Phi) is 7.24. The molecule has 0 aliphatic carbocycles. The van der Waals surface area contributed by atoms with Crippen molar-refractivity contribution in [3.05, 3.63) is 77.0 Å². The van der Waals surface area contributed by atoms with Crippen molar-refractivity contribution in [1.29, 1.82) is 0 Å². The van der Waals surface area contributed by atoms with E-state index in [1.807, 2.05) is 0 Å². The van der Waals surface area contributed by atoms with Gasteiger partial charge >= 0.3 is 5.97 Å². The maximum absolute atomic E-state index is 13.1. The van der Waals surface area contributed by atoms with E-state index in [-0.39, 0.29) is 5.57 Å². The van der Waals surface area contributed by atoms with Crippen molar-refractivity contribution < 1.29 is 33.4 Å². The molecule has 178 valence electrons. The van der Waals surface area contributed by atoms with Gasteiger partial charge in [-0.15, -0.1) is 0 Å². The number of hydrogen-bond acceptors (Lipinski definition) is 8. The highest BCUT2D eigenvalue weighted by Gasteiger charge is 2.42. The molecular formula is C25H26N2O7. The molecule has 0 radical (unpaired) electrons. The minimum Gasteiger partial charge on any atom is -0.503 e. The predicted octanol–water partition coefficient (Wildman–Crippen LogP) is 2.38. The van der Waals surface area contributed by atoms with Crippen LogP contribution < -0.4 is 0 Å². The molecule has 0 spiro atoms. The van der Waals surface area contributed by atoms with Gasteiger partial charge in [0.1, 0.15) is 5.76 Å². The first-order valence-corrected chi connectivity index (χ1v) is 11.0. The van der Waals surface area contributed by atoms with Crippen LogP contribution in [0.2, 0.25) is 0 Å². The molecule has 1 fully saturated rings. The fourth-order valence-corrected chi connectivity index (χ4v) is 4.11. The van der Waals surface area contributed by atoms with Crippen LogP contribution in [0.3, 0.4) is 0 Å². The van der Waals surface area contributed by atoms with Crippen LogP contribution in [-0.4, -0.2) is 79.1 Å². The third-order valence-electron chi connectivity index (χ3n) is 5.92. The molecule has 3 heterocycles. The number of esters is 1. The number of furan rings is 1. The molecule has 0 bridgehead atoms. The van der Waals surface area contributed by atoms with E-state index in [9.17, 15) is 19.5 Å². The summed E-state index contributed by atoms with van der Waals surface area (Å²) < 4.78 is 15.4. The van der Waals surface area contributed by atoms with Gasteiger partial charge in [-0.25, -0.2) is 4.79 Å². The molecule has 1 N–H and O–H groups in total. The molecule has 1 amide bonds. The summed E-state index contributed by atoms with van der Waals surface area (Å²) in [7, 11) is 1.29. The molecule has 9 nitrogen and oxygen atoms in total. The predicted molar refractivity (Wildman–Crippen MR) is 122 cm³/mol. The molecule has 1 aromatic carbocycles. The number of allylic oxidation sites excluding steroid dienone is 1. The maximum atomic E-state index is 13.1. The highest BCUT2D eigenvalue weighted by atomic mass is 16.5. The zero-order chi connectivity index (χ0) is 24.1. The number of rotatable bonds is 8. The summed E-state index contributed by atoms with van der Waals surface area (Å²) >= 11 is 0. The Morgan fingerprint density at radius 2 is 1.88 bits per heavy atom. The van der Waals surface area contributed by atoms with Gasteiger partial charge in [0, 0.05) is 26.2 Å². The molecule has 34 heavy (non-hydrogen) atoms. The van der Waals surface area contributed by atoms with Gasteiger partial charge in [-0.3, -0.25) is 14.5 Å². The van der Waals surface area contributed by atoms with Crippen molar-refractivity contribution in [3.8, 4) is 0 Å². The average Bonchev–Trinajstić information content (AvgIpc) is 3.48. The van der Waals surface area contributed by atoms with Crippen LogP contribution in [0, 0.1) is 0 Å². The van der Waals surface area contributed by atoms with Crippen molar-refractivity contribution in [1.82, 2.24) is 9.80 Å². The SMILES string of the molecule is COC(=O)c1ccc(C2C(C(=O)/C=C/c3ccco3)=C(O)C(=O)N2CCN2CCOCC2)cc1. The van der Waals surface area contributed by atoms with Crippen LogP contribution in [0.5, 0.6) is 0 Å². The summed E-state index contributed by atoms with van der Waals surface area (Å²) in [5.74, 6) is -1.70. The van der Waals surface area contributed by atoms with Gasteiger partial charge in [-0.1, -0.05) is 12.1 Å². The third-order valence-corrected chi connectivity index (χ3v) is 5.92. The largest absolute Gasteiger partial charge is 0.503 e. The summed E-state index contributed by atoms with van der Waals surface area (Å²) in [6.07, 6.45) is 4.25. The number of hydrogen-bond donors (Lipinski definition) is 1. The van der Waals surface area contributed by atoms with E-state index in [2.05, 4.69) is 4.90 Å². The van der Waals surface area contributed by atoms with Crippen LogP contribution in [0.4, 0.5) is 0 Å². The lowest BCUT2D eigenvalue weighted by atomic mass is 9.95. The topological polar surface area (TPSA) is 110 Å². The number of methoxy groups -OCH3 is 1. The van der Waals surface area contributed by atoms with E-state index in [1.165, 1.54) is 30.4 Å². The zero-order valence-corrected chi connectivity index (χ0v) is 18.8. The second-order valence-corrected chi connectivity index (χ2v) is 7.94. The van der Waals surface area contributed by atoms with Gasteiger partial charge in [0.15, 0.2) is 11.5 Å². The van der Waals surface area contributed by atoms with Gasteiger partial charge in [-0.05, 0) is 42.0 Å². The van der Waals surface area contributed by atoms with Crippen LogP contribution in [0.1, 0.15) is 27.7 Å². The number of carbonyl (C=O) groups excluding carboxylic acids is 3. The molecule has 9 heteroatoms. The summed E-state index contributed by atoms with van der Waals surface area (Å²) in [6.45, 7) is 3.62. The van der Waals surface area contributed by atoms with E-state index >= 15 is 0 Å². The van der Waals surface area contributed by atoms with Gasteiger partial charge in [-0.2, -0.15) is 0 Å². The Morgan fingerprint density at radius 1 is 1.15 bits per heavy atom. The van der Waals surface area contributed by atoms with Crippen molar-refractivity contribution in [2.75, 3.05) is 46.5 Å². The number of aliphatic hydroxyl groups is 1. The number of aliphatic hydroxyl groups excluding tert-OH is 1. The van der Waals surface area contributed by atoms with Crippen LogP contribution in [-0.2, 0) is 19.1 Å². The molecular weight excluding hydrogens is 440 g/mol. The monoisotopic (exact) mass is 466 g/mol. The lowest BCUT2D eigenvalue weighted by Crippen LogP contribution is -2.43. The maximum Gasteiger partial charge on any atom is 0.337 e. The number of morpholine rings is 1. The molecule has 1 atom stereocenters. The van der Waals surface area contributed by atoms with Crippen molar-refractivity contribution in [2.45, 2.75) is 6.04 Å². The quantitative estimate of drug-likeness (QED) is 0.467. The lowest BCUT2D eigenvalue weighted by molar-refractivity contribution is -0.129. The van der Waals surface area contributed by atoms with Crippen molar-refractivity contribution >= 4 is 23.7 Å². The van der Waals surface area contributed by atoms with E-state index in [0.717, 1.165) is 13.1 Å². The van der Waals surface area contributed by atoms with E-state index in [4.69, 9.17) is 13.9 Å². The Hall–Kier alpha value is -3.69. The molecule has 2 aromatic rings. The number of benzene rings is 1. The summed E-state index contributed by atoms with van der Waals surface area (Å²) in [5, 5.41) is 10.7.